The van der Waals surface area contributed by atoms with Gasteiger partial charge in [-0.25, -0.2) is 9.48 Å². The standard InChI is InChI=1S/C23H31N7O2/c1-3-27(15-20-14-25-28(4-2)16-20)22(31)12-18-7-8-21-26-30(23(32)29(21)11-9-18)17-19-6-5-10-24-13-19/h5-6,10,13-14,16,18H,3-4,7-9,11-12,15,17H2,1-2H3. The van der Waals surface area contributed by atoms with Crippen LogP contribution in [-0.2, 0) is 37.4 Å². The van der Waals surface area contributed by atoms with Gasteiger partial charge in [0.25, 0.3) is 0 Å². The zero-order valence-electron chi connectivity index (χ0n) is 18.9. The van der Waals surface area contributed by atoms with Gasteiger partial charge in [-0.1, -0.05) is 6.07 Å². The van der Waals surface area contributed by atoms with Crippen molar-refractivity contribution in [1.29, 1.82) is 0 Å². The molecule has 0 radical (unpaired) electrons. The van der Waals surface area contributed by atoms with E-state index < -0.39 is 0 Å². The van der Waals surface area contributed by atoms with E-state index in [0.29, 0.717) is 39.0 Å². The number of hydrogen-bond donors (Lipinski definition) is 0. The van der Waals surface area contributed by atoms with E-state index >= 15 is 0 Å². The lowest BCUT2D eigenvalue weighted by Crippen LogP contribution is -2.32. The summed E-state index contributed by atoms with van der Waals surface area (Å²) in [6, 6.07) is 3.80. The minimum atomic E-state index is -0.0843. The summed E-state index contributed by atoms with van der Waals surface area (Å²) in [4.78, 5) is 31.8. The van der Waals surface area contributed by atoms with Crippen LogP contribution in [0.25, 0.3) is 0 Å². The monoisotopic (exact) mass is 437 g/mol. The highest BCUT2D eigenvalue weighted by atomic mass is 16.2. The van der Waals surface area contributed by atoms with Crippen molar-refractivity contribution in [3.8, 4) is 0 Å². The van der Waals surface area contributed by atoms with Crippen molar-refractivity contribution in [3.63, 3.8) is 0 Å². The normalized spacial score (nSPS) is 15.9. The molecule has 0 spiro atoms. The van der Waals surface area contributed by atoms with E-state index in [2.05, 4.69) is 15.2 Å². The van der Waals surface area contributed by atoms with Crippen molar-refractivity contribution in [1.82, 2.24) is 34.0 Å². The van der Waals surface area contributed by atoms with Gasteiger partial charge in [-0.15, -0.1) is 0 Å². The topological polar surface area (TPSA) is 90.8 Å². The summed E-state index contributed by atoms with van der Waals surface area (Å²) in [5.41, 5.74) is 1.92. The molecule has 0 aliphatic carbocycles. The molecule has 1 aliphatic heterocycles. The highest BCUT2D eigenvalue weighted by Gasteiger charge is 2.24. The average Bonchev–Trinajstić information content (AvgIpc) is 3.32. The van der Waals surface area contributed by atoms with Gasteiger partial charge in [0.1, 0.15) is 5.82 Å². The Morgan fingerprint density at radius 1 is 1.22 bits per heavy atom. The van der Waals surface area contributed by atoms with Crippen LogP contribution in [0.15, 0.2) is 41.7 Å². The number of carbonyl (C=O) groups is 1. The molecular formula is C23H31N7O2. The van der Waals surface area contributed by atoms with Gasteiger partial charge in [0.05, 0.1) is 12.7 Å². The molecule has 0 fully saturated rings. The highest BCUT2D eigenvalue weighted by Crippen LogP contribution is 2.22. The minimum absolute atomic E-state index is 0.0843. The number of fused-ring (bicyclic) bond motifs is 1. The first kappa shape index (κ1) is 22.0. The molecule has 9 nitrogen and oxygen atoms in total. The summed E-state index contributed by atoms with van der Waals surface area (Å²) >= 11 is 0. The quantitative estimate of drug-likeness (QED) is 0.538. The van der Waals surface area contributed by atoms with Crippen molar-refractivity contribution >= 4 is 5.91 Å². The van der Waals surface area contributed by atoms with Crippen molar-refractivity contribution < 1.29 is 4.79 Å². The van der Waals surface area contributed by atoms with Crippen LogP contribution in [0.3, 0.4) is 0 Å². The van der Waals surface area contributed by atoms with Crippen molar-refractivity contribution in [2.45, 2.75) is 65.7 Å². The Hall–Kier alpha value is -3.23. The zero-order chi connectivity index (χ0) is 22.5. The van der Waals surface area contributed by atoms with E-state index in [4.69, 9.17) is 0 Å². The zero-order valence-corrected chi connectivity index (χ0v) is 18.9. The first-order chi connectivity index (χ1) is 15.6. The number of hydrogen-bond acceptors (Lipinski definition) is 5. The van der Waals surface area contributed by atoms with Gasteiger partial charge in [0, 0.05) is 63.2 Å². The maximum atomic E-state index is 13.0. The van der Waals surface area contributed by atoms with Gasteiger partial charge in [-0.3, -0.25) is 19.0 Å². The third-order valence-electron chi connectivity index (χ3n) is 6.17. The molecule has 0 N–H and O–H groups in total. The third kappa shape index (κ3) is 4.98. The number of aryl methyl sites for hydroxylation is 2. The van der Waals surface area contributed by atoms with E-state index in [1.165, 1.54) is 4.68 Å². The lowest BCUT2D eigenvalue weighted by molar-refractivity contribution is -0.132. The molecule has 1 atom stereocenters. The Morgan fingerprint density at radius 3 is 2.81 bits per heavy atom. The highest BCUT2D eigenvalue weighted by molar-refractivity contribution is 5.76. The van der Waals surface area contributed by atoms with Gasteiger partial charge < -0.3 is 4.90 Å². The summed E-state index contributed by atoms with van der Waals surface area (Å²) < 4.78 is 5.17. The number of rotatable bonds is 8. The fraction of sp³-hybridized carbons (Fsp3) is 0.522. The third-order valence-corrected chi connectivity index (χ3v) is 6.17. The van der Waals surface area contributed by atoms with Gasteiger partial charge in [0.2, 0.25) is 5.91 Å². The molecule has 9 heteroatoms. The Balaban J connectivity index is 1.36. The molecule has 32 heavy (non-hydrogen) atoms. The second-order valence-corrected chi connectivity index (χ2v) is 8.38. The number of aromatic nitrogens is 6. The molecule has 1 aliphatic rings. The maximum Gasteiger partial charge on any atom is 0.346 e. The molecule has 170 valence electrons. The minimum Gasteiger partial charge on any atom is -0.339 e. The van der Waals surface area contributed by atoms with E-state index in [1.807, 2.05) is 48.0 Å². The van der Waals surface area contributed by atoms with Crippen LogP contribution >= 0.6 is 0 Å². The molecule has 4 rings (SSSR count). The molecule has 0 aromatic carbocycles. The number of amides is 1. The van der Waals surface area contributed by atoms with Gasteiger partial charge in [-0.05, 0) is 44.2 Å². The van der Waals surface area contributed by atoms with Crippen LogP contribution in [0.1, 0.15) is 50.1 Å². The Kier molecular flexibility index (Phi) is 6.82. The largest absolute Gasteiger partial charge is 0.346 e. The summed E-state index contributed by atoms with van der Waals surface area (Å²) in [7, 11) is 0. The number of carbonyl (C=O) groups excluding carboxylic acids is 1. The van der Waals surface area contributed by atoms with Crippen LogP contribution in [-0.4, -0.2) is 46.5 Å². The van der Waals surface area contributed by atoms with E-state index in [9.17, 15) is 9.59 Å². The van der Waals surface area contributed by atoms with Gasteiger partial charge in [0.15, 0.2) is 0 Å². The van der Waals surface area contributed by atoms with Crippen molar-refractivity contribution in [2.75, 3.05) is 6.54 Å². The lowest BCUT2D eigenvalue weighted by atomic mass is 9.96. The first-order valence-electron chi connectivity index (χ1n) is 11.4. The van der Waals surface area contributed by atoms with E-state index in [-0.39, 0.29) is 17.5 Å². The van der Waals surface area contributed by atoms with Crippen molar-refractivity contribution in [3.05, 3.63) is 64.4 Å². The predicted molar refractivity (Wildman–Crippen MR) is 120 cm³/mol. The first-order valence-corrected chi connectivity index (χ1v) is 11.4. The molecule has 0 bridgehead atoms. The van der Waals surface area contributed by atoms with Crippen LogP contribution in [0.2, 0.25) is 0 Å². The Bertz CT molecular complexity index is 1100. The summed E-state index contributed by atoms with van der Waals surface area (Å²) in [6.45, 7) is 7.16. The van der Waals surface area contributed by atoms with Crippen LogP contribution in [0, 0.1) is 5.92 Å². The summed E-state index contributed by atoms with van der Waals surface area (Å²) in [6.07, 6.45) is 10.2. The van der Waals surface area contributed by atoms with Gasteiger partial charge in [-0.2, -0.15) is 10.2 Å². The summed E-state index contributed by atoms with van der Waals surface area (Å²) in [5.74, 6) is 1.23. The van der Waals surface area contributed by atoms with Crippen LogP contribution < -0.4 is 5.69 Å². The molecule has 0 saturated heterocycles. The lowest BCUT2D eigenvalue weighted by Gasteiger charge is -2.23. The van der Waals surface area contributed by atoms with E-state index in [1.54, 1.807) is 17.0 Å². The molecule has 0 saturated carbocycles. The average molecular weight is 438 g/mol. The molecule has 3 aromatic rings. The van der Waals surface area contributed by atoms with Crippen LogP contribution in [0.4, 0.5) is 0 Å². The fourth-order valence-electron chi connectivity index (χ4n) is 4.29. The number of pyridine rings is 1. The fourth-order valence-corrected chi connectivity index (χ4v) is 4.29. The molecule has 3 aromatic heterocycles. The smallest absolute Gasteiger partial charge is 0.339 e. The van der Waals surface area contributed by atoms with Crippen molar-refractivity contribution in [2.24, 2.45) is 5.92 Å². The SMILES string of the molecule is CCN(Cc1cnn(CC)c1)C(=O)CC1CCc2nn(Cc3cccnc3)c(=O)n2CC1. The molecular weight excluding hydrogens is 406 g/mol. The second-order valence-electron chi connectivity index (χ2n) is 8.38. The van der Waals surface area contributed by atoms with E-state index in [0.717, 1.165) is 36.3 Å². The maximum absolute atomic E-state index is 13.0. The molecule has 1 unspecified atom stereocenters. The predicted octanol–water partition coefficient (Wildman–Crippen LogP) is 2.10. The second kappa shape index (κ2) is 9.93. The summed E-state index contributed by atoms with van der Waals surface area (Å²) in [5, 5.41) is 8.87. The Labute approximate surface area is 187 Å². The number of nitrogens with zero attached hydrogens (tertiary/aromatic N) is 7. The van der Waals surface area contributed by atoms with Crippen LogP contribution in [0.5, 0.6) is 0 Å². The molecule has 1 amide bonds. The van der Waals surface area contributed by atoms with Gasteiger partial charge >= 0.3 is 5.69 Å². The Morgan fingerprint density at radius 2 is 2.09 bits per heavy atom. The molecule has 4 heterocycles.